The van der Waals surface area contributed by atoms with E-state index < -0.39 is 0 Å². The fraction of sp³-hybridized carbons (Fsp3) is 0.250. The van der Waals surface area contributed by atoms with E-state index in [1.807, 2.05) is 24.3 Å². The Morgan fingerprint density at radius 1 is 1.28 bits per heavy atom. The standard InChI is InChI=1S/C18H16N2OS.C2H5.K/c19-17(22-18(20-12-21)14-7-1-2-8-14)16-11-5-9-13-6-3-4-10-15(13)16;1-2;/h3-6,9-11,17H,1-2,7,19H2;1H2,2H3;/q-2;-1;+1. The summed E-state index contributed by atoms with van der Waals surface area (Å²) in [6.45, 7) is 5.00. The molecule has 25 heavy (non-hydrogen) atoms. The Hall–Kier alpha value is -0.274. The minimum atomic E-state index is -0.284. The van der Waals surface area contributed by atoms with E-state index in [4.69, 9.17) is 5.73 Å². The Morgan fingerprint density at radius 3 is 2.68 bits per heavy atom. The molecule has 1 amide bonds. The summed E-state index contributed by atoms with van der Waals surface area (Å²) in [5, 5.41) is 2.65. The van der Waals surface area contributed by atoms with E-state index in [1.165, 1.54) is 11.8 Å². The number of nitrogens with two attached hydrogens (primary N) is 1. The predicted octanol–water partition coefficient (Wildman–Crippen LogP) is 1.75. The van der Waals surface area contributed by atoms with Crippen LogP contribution in [0.4, 0.5) is 0 Å². The van der Waals surface area contributed by atoms with Crippen molar-refractivity contribution in [1.29, 1.82) is 0 Å². The molecule has 1 unspecified atom stereocenters. The van der Waals surface area contributed by atoms with Crippen molar-refractivity contribution in [3.63, 3.8) is 0 Å². The molecule has 2 N–H and O–H groups in total. The van der Waals surface area contributed by atoms with Gasteiger partial charge in [0.25, 0.3) is 0 Å². The van der Waals surface area contributed by atoms with Gasteiger partial charge in [-0.15, -0.1) is 6.42 Å². The molecule has 0 fully saturated rings. The van der Waals surface area contributed by atoms with Crippen LogP contribution in [0.1, 0.15) is 37.1 Å². The number of thioether (sulfide) groups is 1. The first-order valence-electron chi connectivity index (χ1n) is 7.95. The minimum absolute atomic E-state index is 0. The third kappa shape index (κ3) is 6.13. The first-order chi connectivity index (χ1) is 11.8. The molecule has 0 saturated heterocycles. The van der Waals surface area contributed by atoms with E-state index in [1.54, 1.807) is 13.3 Å². The number of allylic oxidation sites excluding steroid dienone is 1. The van der Waals surface area contributed by atoms with Crippen LogP contribution in [-0.2, 0) is 4.79 Å². The van der Waals surface area contributed by atoms with Gasteiger partial charge in [0.1, 0.15) is 0 Å². The first-order valence-corrected chi connectivity index (χ1v) is 8.83. The van der Waals surface area contributed by atoms with Crippen LogP contribution in [0.5, 0.6) is 0 Å². The second-order valence-electron chi connectivity index (χ2n) is 5.12. The molecule has 0 saturated carbocycles. The fourth-order valence-corrected chi connectivity index (χ4v) is 3.64. The smallest absolute Gasteiger partial charge is 0.407 e. The topological polar surface area (TPSA) is 55.4 Å². The van der Waals surface area contributed by atoms with Gasteiger partial charge >= 0.3 is 51.4 Å². The van der Waals surface area contributed by atoms with Gasteiger partial charge in [0.2, 0.25) is 0 Å². The van der Waals surface area contributed by atoms with Crippen molar-refractivity contribution in [3.05, 3.63) is 66.6 Å². The second-order valence-corrected chi connectivity index (χ2v) is 6.25. The Labute approximate surface area is 197 Å². The molecule has 3 nitrogen and oxygen atoms in total. The quantitative estimate of drug-likeness (QED) is 0.291. The molecule has 3 rings (SSSR count). The summed E-state index contributed by atoms with van der Waals surface area (Å²) >= 11 is 1.40. The van der Waals surface area contributed by atoms with Gasteiger partial charge in [0, 0.05) is 0 Å². The van der Waals surface area contributed by atoms with Gasteiger partial charge in [-0.2, -0.15) is 24.3 Å². The number of fused-ring (bicyclic) bond motifs is 1. The van der Waals surface area contributed by atoms with Crippen LogP contribution >= 0.6 is 11.8 Å². The van der Waals surface area contributed by atoms with Gasteiger partial charge in [-0.1, -0.05) is 60.3 Å². The number of rotatable bonds is 4. The molecule has 0 aliphatic heterocycles. The Morgan fingerprint density at radius 2 is 2.00 bits per heavy atom. The number of hydrogen-bond acceptors (Lipinski definition) is 3. The van der Waals surface area contributed by atoms with Gasteiger partial charge in [-0.3, -0.25) is 6.08 Å². The molecular weight excluding hydrogens is 355 g/mol. The molecule has 0 spiro atoms. The van der Waals surface area contributed by atoms with Gasteiger partial charge in [0.15, 0.2) is 0 Å². The van der Waals surface area contributed by atoms with Crippen molar-refractivity contribution >= 4 is 34.0 Å². The summed E-state index contributed by atoms with van der Waals surface area (Å²) in [5.74, 6) is 0. The zero-order chi connectivity index (χ0) is 17.4. The molecule has 1 aliphatic rings. The number of aliphatic imine (C=N–C) groups is 1. The summed E-state index contributed by atoms with van der Waals surface area (Å²) in [4.78, 5) is 14.5. The molecule has 0 radical (unpaired) electrons. The zero-order valence-corrected chi connectivity index (χ0v) is 18.7. The molecule has 2 aromatic carbocycles. The van der Waals surface area contributed by atoms with Crippen LogP contribution in [0.3, 0.4) is 0 Å². The maximum Gasteiger partial charge on any atom is 1.00 e. The van der Waals surface area contributed by atoms with Crippen molar-refractivity contribution in [2.75, 3.05) is 0 Å². The molecular formula is C20H21KN2OS-2. The van der Waals surface area contributed by atoms with Crippen molar-refractivity contribution in [1.82, 2.24) is 0 Å². The Kier molecular flexibility index (Phi) is 11.1. The minimum Gasteiger partial charge on any atom is -0.407 e. The summed E-state index contributed by atoms with van der Waals surface area (Å²) in [5.41, 5.74) is 8.40. The van der Waals surface area contributed by atoms with Crippen LogP contribution in [0, 0.1) is 13.0 Å². The maximum absolute atomic E-state index is 10.7. The predicted molar refractivity (Wildman–Crippen MR) is 103 cm³/mol. The van der Waals surface area contributed by atoms with Gasteiger partial charge in [-0.25, -0.2) is 0 Å². The van der Waals surface area contributed by atoms with Crippen LogP contribution in [0.15, 0.2) is 53.0 Å². The van der Waals surface area contributed by atoms with E-state index in [9.17, 15) is 4.79 Å². The Bertz CT molecular complexity index is 753. The molecule has 2 aromatic rings. The monoisotopic (exact) mass is 376 g/mol. The van der Waals surface area contributed by atoms with Crippen LogP contribution in [0.2, 0.25) is 0 Å². The zero-order valence-electron chi connectivity index (χ0n) is 14.8. The van der Waals surface area contributed by atoms with E-state index in [0.717, 1.165) is 41.2 Å². The van der Waals surface area contributed by atoms with E-state index in [2.05, 4.69) is 36.2 Å². The van der Waals surface area contributed by atoms with Crippen molar-refractivity contribution in [2.45, 2.75) is 31.6 Å². The number of amides is 1. The van der Waals surface area contributed by atoms with E-state index in [0.29, 0.717) is 5.04 Å². The average Bonchev–Trinajstić information content (AvgIpc) is 3.17. The molecule has 0 heterocycles. The summed E-state index contributed by atoms with van der Waals surface area (Å²) < 4.78 is 0. The normalized spacial score (nSPS) is 14.8. The average molecular weight is 377 g/mol. The second kappa shape index (κ2) is 12.2. The molecule has 5 heteroatoms. The van der Waals surface area contributed by atoms with E-state index in [-0.39, 0.29) is 56.8 Å². The third-order valence-electron chi connectivity index (χ3n) is 3.72. The largest absolute Gasteiger partial charge is 1.00 e. The molecule has 1 aliphatic carbocycles. The van der Waals surface area contributed by atoms with Crippen LogP contribution < -0.4 is 57.1 Å². The van der Waals surface area contributed by atoms with Crippen LogP contribution in [-0.4, -0.2) is 11.5 Å². The summed E-state index contributed by atoms with van der Waals surface area (Å²) in [7, 11) is 0. The summed E-state index contributed by atoms with van der Waals surface area (Å²) in [6.07, 6.45) is 7.77. The molecule has 1 atom stereocenters. The summed E-state index contributed by atoms with van der Waals surface area (Å²) in [6, 6.07) is 14.2. The van der Waals surface area contributed by atoms with Crippen LogP contribution in [0.25, 0.3) is 10.8 Å². The van der Waals surface area contributed by atoms with Gasteiger partial charge in [0.05, 0.1) is 11.8 Å². The number of carbonyl (C=O) groups excluding carboxylic acids is 1. The maximum atomic E-state index is 10.7. The van der Waals surface area contributed by atoms with E-state index >= 15 is 0 Å². The number of benzene rings is 2. The van der Waals surface area contributed by atoms with Gasteiger partial charge < -0.3 is 22.4 Å². The first kappa shape index (κ1) is 22.8. The number of hydrogen-bond donors (Lipinski definition) is 1. The SMILES string of the molecule is NC(SC(=N[C-]=O)C1=[C-]CCC1)c1cccc2ccccc12.[CH2-]C.[K+]. The number of nitrogens with zero attached hydrogens (tertiary/aromatic N) is 1. The van der Waals surface area contributed by atoms with Crippen molar-refractivity contribution < 1.29 is 56.2 Å². The van der Waals surface area contributed by atoms with Crippen molar-refractivity contribution in [2.24, 2.45) is 10.7 Å². The third-order valence-corrected chi connectivity index (χ3v) is 4.78. The van der Waals surface area contributed by atoms with Gasteiger partial charge in [-0.05, 0) is 16.3 Å². The Balaban J connectivity index is 0.00000101. The van der Waals surface area contributed by atoms with Crippen molar-refractivity contribution in [3.8, 4) is 0 Å². The molecule has 0 bridgehead atoms. The molecule has 126 valence electrons. The fourth-order valence-electron chi connectivity index (χ4n) is 2.66. The molecule has 0 aromatic heterocycles.